The summed E-state index contributed by atoms with van der Waals surface area (Å²) in [5, 5.41) is 9.89. The van der Waals surface area contributed by atoms with Gasteiger partial charge in [0.25, 0.3) is 0 Å². The molecule has 2 aromatic heterocycles. The van der Waals surface area contributed by atoms with Crippen LogP contribution in [0.2, 0.25) is 0 Å². The van der Waals surface area contributed by atoms with Gasteiger partial charge in [-0.3, -0.25) is 4.79 Å². The van der Waals surface area contributed by atoms with E-state index in [-0.39, 0.29) is 11.9 Å². The van der Waals surface area contributed by atoms with Crippen LogP contribution in [0, 0.1) is 11.6 Å². The third-order valence-electron chi connectivity index (χ3n) is 7.54. The van der Waals surface area contributed by atoms with Crippen LogP contribution in [0.25, 0.3) is 5.69 Å². The topological polar surface area (TPSA) is 88.8 Å². The molecule has 0 spiro atoms. The van der Waals surface area contributed by atoms with Crippen LogP contribution in [0.5, 0.6) is 0 Å². The van der Waals surface area contributed by atoms with Gasteiger partial charge in [-0.15, -0.1) is 0 Å². The van der Waals surface area contributed by atoms with Gasteiger partial charge in [-0.2, -0.15) is 0 Å². The molecule has 3 N–H and O–H groups in total. The molecule has 216 valence electrons. The lowest BCUT2D eigenvalue weighted by Gasteiger charge is -2.29. The van der Waals surface area contributed by atoms with Crippen molar-refractivity contribution in [2.24, 2.45) is 0 Å². The number of nitrogens with one attached hydrogen (secondary N) is 3. The van der Waals surface area contributed by atoms with E-state index in [0.29, 0.717) is 49.2 Å². The molecule has 1 amide bonds. The zero-order chi connectivity index (χ0) is 28.6. The molecule has 2 atom stereocenters. The molecule has 5 rings (SSSR count). The van der Waals surface area contributed by atoms with Gasteiger partial charge in [0.15, 0.2) is 5.82 Å². The third kappa shape index (κ3) is 7.45. The van der Waals surface area contributed by atoms with Gasteiger partial charge in [0.2, 0.25) is 5.91 Å². The summed E-state index contributed by atoms with van der Waals surface area (Å²) in [5.41, 5.74) is 3.37. The van der Waals surface area contributed by atoms with Crippen LogP contribution in [-0.2, 0) is 30.7 Å². The predicted octanol–water partition coefficient (Wildman–Crippen LogP) is 4.78. The van der Waals surface area contributed by atoms with E-state index in [1.54, 1.807) is 12.5 Å². The Bertz CT molecular complexity index is 1440. The number of anilines is 1. The minimum Gasteiger partial charge on any atom is -0.337 e. The first kappa shape index (κ1) is 28.6. The van der Waals surface area contributed by atoms with Crippen LogP contribution in [0.3, 0.4) is 0 Å². The average Bonchev–Trinajstić information content (AvgIpc) is 3.66. The number of amides is 1. The summed E-state index contributed by atoms with van der Waals surface area (Å²) in [7, 11) is 0. The first-order valence-electron chi connectivity index (χ1n) is 14.3. The van der Waals surface area contributed by atoms with E-state index in [2.05, 4.69) is 36.6 Å². The number of fused-ring (bicyclic) bond motifs is 1. The number of carbonyl (C=O) groups excluding carboxylic acids is 1. The second-order valence-corrected chi connectivity index (χ2v) is 10.6. The summed E-state index contributed by atoms with van der Waals surface area (Å²) >= 11 is 0. The maximum atomic E-state index is 14.4. The molecule has 1 aliphatic rings. The highest BCUT2D eigenvalue weighted by atomic mass is 19.1. The Kier molecular flexibility index (Phi) is 9.53. The zero-order valence-corrected chi connectivity index (χ0v) is 23.3. The number of carbonyl (C=O) groups is 1. The Morgan fingerprint density at radius 2 is 2.07 bits per heavy atom. The van der Waals surface area contributed by atoms with Crippen molar-refractivity contribution < 1.29 is 13.6 Å². The summed E-state index contributed by atoms with van der Waals surface area (Å²) in [6.07, 6.45) is 13.3. The largest absolute Gasteiger partial charge is 0.337 e. The van der Waals surface area contributed by atoms with Crippen molar-refractivity contribution in [2.75, 3.05) is 11.9 Å². The van der Waals surface area contributed by atoms with Gasteiger partial charge < -0.3 is 25.1 Å². The molecule has 1 aliphatic carbocycles. The Labute approximate surface area is 239 Å². The monoisotopic (exact) mass is 561 g/mol. The number of halogens is 2. The summed E-state index contributed by atoms with van der Waals surface area (Å²) in [5.74, 6) is -0.763. The van der Waals surface area contributed by atoms with E-state index in [1.807, 2.05) is 48.4 Å². The first-order valence-corrected chi connectivity index (χ1v) is 14.3. The summed E-state index contributed by atoms with van der Waals surface area (Å²) < 4.78 is 32.0. The van der Waals surface area contributed by atoms with E-state index in [0.717, 1.165) is 43.2 Å². The van der Waals surface area contributed by atoms with Crippen molar-refractivity contribution in [1.29, 1.82) is 0 Å². The molecule has 10 heteroatoms. The van der Waals surface area contributed by atoms with Gasteiger partial charge in [0, 0.05) is 37.6 Å². The molecule has 1 unspecified atom stereocenters. The Morgan fingerprint density at radius 1 is 1.20 bits per heavy atom. The molecule has 8 nitrogen and oxygen atoms in total. The van der Waals surface area contributed by atoms with Gasteiger partial charge in [0.1, 0.15) is 18.0 Å². The number of hydrogen-bond acceptors (Lipinski definition) is 5. The number of benzene rings is 2. The average molecular weight is 562 g/mol. The molecular weight excluding hydrogens is 524 g/mol. The second kappa shape index (κ2) is 13.6. The maximum absolute atomic E-state index is 14.4. The Morgan fingerprint density at radius 3 is 2.90 bits per heavy atom. The minimum absolute atomic E-state index is 0.0679. The highest BCUT2D eigenvalue weighted by Crippen LogP contribution is 2.26. The van der Waals surface area contributed by atoms with Crippen LogP contribution in [0.15, 0.2) is 67.6 Å². The lowest BCUT2D eigenvalue weighted by atomic mass is 9.87. The van der Waals surface area contributed by atoms with Crippen LogP contribution in [0.4, 0.5) is 14.6 Å². The minimum atomic E-state index is -0.546. The van der Waals surface area contributed by atoms with Gasteiger partial charge >= 0.3 is 0 Å². The van der Waals surface area contributed by atoms with E-state index in [9.17, 15) is 13.6 Å². The molecule has 2 heterocycles. The zero-order valence-electron chi connectivity index (χ0n) is 23.3. The fourth-order valence-corrected chi connectivity index (χ4v) is 5.47. The molecule has 0 saturated carbocycles. The fraction of sp³-hybridized carbons (Fsp3) is 0.387. The van der Waals surface area contributed by atoms with Crippen LogP contribution in [0.1, 0.15) is 49.3 Å². The highest BCUT2D eigenvalue weighted by molar-refractivity contribution is 5.94. The lowest BCUT2D eigenvalue weighted by molar-refractivity contribution is -0.118. The number of para-hydroxylation sites is 1. The third-order valence-corrected chi connectivity index (χ3v) is 7.54. The van der Waals surface area contributed by atoms with Gasteiger partial charge in [-0.1, -0.05) is 31.5 Å². The van der Waals surface area contributed by atoms with Crippen molar-refractivity contribution in [3.8, 4) is 5.69 Å². The van der Waals surface area contributed by atoms with Crippen LogP contribution < -0.4 is 16.0 Å². The molecule has 4 aromatic rings. The van der Waals surface area contributed by atoms with Crippen LogP contribution >= 0.6 is 0 Å². The maximum Gasteiger partial charge on any atom is 0.242 e. The number of hydrogen-bond donors (Lipinski definition) is 3. The quantitative estimate of drug-likeness (QED) is 0.205. The molecule has 0 aliphatic heterocycles. The van der Waals surface area contributed by atoms with Gasteiger partial charge in [-0.05, 0) is 67.5 Å². The molecule has 0 bridgehead atoms. The smallest absolute Gasteiger partial charge is 0.242 e. The molecule has 0 fully saturated rings. The number of aromatic nitrogens is 4. The fourth-order valence-electron chi connectivity index (χ4n) is 5.47. The van der Waals surface area contributed by atoms with Crippen molar-refractivity contribution in [3.63, 3.8) is 0 Å². The van der Waals surface area contributed by atoms with Gasteiger partial charge in [-0.25, -0.2) is 18.7 Å². The van der Waals surface area contributed by atoms with Crippen LogP contribution in [-0.4, -0.2) is 43.6 Å². The van der Waals surface area contributed by atoms with Crippen molar-refractivity contribution in [1.82, 2.24) is 29.7 Å². The lowest BCUT2D eigenvalue weighted by Crippen LogP contribution is -2.48. The summed E-state index contributed by atoms with van der Waals surface area (Å²) in [6, 6.07) is 9.94. The summed E-state index contributed by atoms with van der Waals surface area (Å²) in [4.78, 5) is 21.8. The number of imidazole rings is 2. The first-order chi connectivity index (χ1) is 20.0. The molecule has 2 aromatic carbocycles. The van der Waals surface area contributed by atoms with E-state index in [1.165, 1.54) is 6.07 Å². The van der Waals surface area contributed by atoms with E-state index in [4.69, 9.17) is 0 Å². The van der Waals surface area contributed by atoms with E-state index >= 15 is 0 Å². The van der Waals surface area contributed by atoms with Gasteiger partial charge in [0.05, 0.1) is 24.3 Å². The highest BCUT2D eigenvalue weighted by Gasteiger charge is 2.27. The molecule has 0 saturated heterocycles. The Balaban J connectivity index is 1.17. The molecule has 41 heavy (non-hydrogen) atoms. The van der Waals surface area contributed by atoms with E-state index < -0.39 is 17.7 Å². The van der Waals surface area contributed by atoms with Crippen molar-refractivity contribution >= 4 is 11.7 Å². The Hall–Kier alpha value is -3.89. The predicted molar refractivity (Wildman–Crippen MR) is 155 cm³/mol. The van der Waals surface area contributed by atoms with Crippen molar-refractivity contribution in [3.05, 3.63) is 96.0 Å². The second-order valence-electron chi connectivity index (χ2n) is 10.6. The SMILES string of the molecule is CCCC(N[C@H]1CCc2cc(F)cc(F)c2C1)C(=O)Nc1cn(-c2ccccc2CNCCCn2ccnc2)cn1. The number of aryl methyl sites for hydroxylation is 2. The number of rotatable bonds is 13. The number of nitrogens with zero attached hydrogens (tertiary/aromatic N) is 4. The summed E-state index contributed by atoms with van der Waals surface area (Å²) in [6.45, 7) is 4.52. The normalized spacial score (nSPS) is 15.4. The standard InChI is InChI=1S/C31H37F2N7O/c1-2-6-28(37-25-10-9-22-15-24(32)16-27(33)26(22)17-25)31(41)38-30-19-40(21-36-30)29-8-4-3-7-23(29)18-34-11-5-13-39-14-12-35-20-39/h3-4,7-8,12,14-16,19-21,25,28,34,37H,2,5-6,9-11,13,17-18H2,1H3,(H,38,41)/t25-,28?/m0/s1. The molecular formula is C31H37F2N7O. The van der Waals surface area contributed by atoms with Crippen molar-refractivity contribution in [2.45, 2.75) is 70.6 Å². The molecule has 0 radical (unpaired) electrons.